The first kappa shape index (κ1) is 12.4. The maximum absolute atomic E-state index is 11.1. The van der Waals surface area contributed by atoms with Crippen LogP contribution in [0.5, 0.6) is 0 Å². The lowest BCUT2D eigenvalue weighted by Gasteiger charge is -2.17. The van der Waals surface area contributed by atoms with Crippen LogP contribution in [0, 0.1) is 5.92 Å². The zero-order chi connectivity index (χ0) is 10.5. The number of ether oxygens (including phenoxy) is 1. The second-order valence-corrected chi connectivity index (χ2v) is 4.57. The third kappa shape index (κ3) is 9.34. The van der Waals surface area contributed by atoms with Crippen LogP contribution in [0.1, 0.15) is 40.5 Å². The largest absolute Gasteiger partial charge is 0.466 e. The van der Waals surface area contributed by atoms with Crippen LogP contribution < -0.4 is 5.73 Å². The first-order valence-corrected chi connectivity index (χ1v) is 4.76. The van der Waals surface area contributed by atoms with Gasteiger partial charge in [0.05, 0.1) is 13.0 Å². The Balaban J connectivity index is 3.53. The fourth-order valence-corrected chi connectivity index (χ4v) is 0.832. The number of hydrogen-bond donors (Lipinski definition) is 1. The van der Waals surface area contributed by atoms with Crippen molar-refractivity contribution in [2.75, 3.05) is 6.61 Å². The van der Waals surface area contributed by atoms with E-state index in [0.717, 1.165) is 6.42 Å². The minimum atomic E-state index is -0.463. The lowest BCUT2D eigenvalue weighted by molar-refractivity contribution is -0.145. The number of carbonyl (C=O) groups is 1. The summed E-state index contributed by atoms with van der Waals surface area (Å²) in [7, 11) is 0. The van der Waals surface area contributed by atoms with Crippen molar-refractivity contribution >= 4 is 5.97 Å². The molecule has 0 spiro atoms. The summed E-state index contributed by atoms with van der Waals surface area (Å²) in [4.78, 5) is 11.1. The minimum absolute atomic E-state index is 0.201. The number of esters is 1. The van der Waals surface area contributed by atoms with Crippen LogP contribution in [0.3, 0.4) is 0 Å². The highest BCUT2D eigenvalue weighted by molar-refractivity contribution is 5.70. The van der Waals surface area contributed by atoms with Crippen LogP contribution in [0.15, 0.2) is 0 Å². The fourth-order valence-electron chi connectivity index (χ4n) is 0.832. The molecule has 0 fully saturated rings. The van der Waals surface area contributed by atoms with Gasteiger partial charge in [0.1, 0.15) is 0 Å². The molecule has 0 unspecified atom stereocenters. The normalized spacial score (nSPS) is 11.8. The fraction of sp³-hybridized carbons (Fsp3) is 0.900. The van der Waals surface area contributed by atoms with Gasteiger partial charge in [0.15, 0.2) is 0 Å². The third-order valence-corrected chi connectivity index (χ3v) is 1.56. The molecule has 0 aliphatic rings. The number of hydrogen-bond acceptors (Lipinski definition) is 3. The minimum Gasteiger partial charge on any atom is -0.466 e. The summed E-state index contributed by atoms with van der Waals surface area (Å²) in [5.74, 6) is 0.367. The van der Waals surface area contributed by atoms with Crippen LogP contribution >= 0.6 is 0 Å². The van der Waals surface area contributed by atoms with E-state index in [4.69, 9.17) is 10.5 Å². The molecule has 0 rings (SSSR count). The molecule has 78 valence electrons. The molecule has 0 bridgehead atoms. The molecule has 0 amide bonds. The highest BCUT2D eigenvalue weighted by Crippen LogP contribution is 2.06. The molecule has 13 heavy (non-hydrogen) atoms. The molecule has 0 aliphatic carbocycles. The number of rotatable bonds is 5. The van der Waals surface area contributed by atoms with Crippen molar-refractivity contribution in [3.8, 4) is 0 Å². The average Bonchev–Trinajstić information content (AvgIpc) is 1.81. The van der Waals surface area contributed by atoms with Crippen molar-refractivity contribution in [2.45, 2.75) is 46.1 Å². The van der Waals surface area contributed by atoms with Crippen molar-refractivity contribution in [1.82, 2.24) is 0 Å². The Morgan fingerprint density at radius 3 is 2.38 bits per heavy atom. The summed E-state index contributed by atoms with van der Waals surface area (Å²) in [5.41, 5.74) is 5.20. The number of carbonyl (C=O) groups excluding carboxylic acids is 1. The van der Waals surface area contributed by atoms with E-state index in [2.05, 4.69) is 13.8 Å². The summed E-state index contributed by atoms with van der Waals surface area (Å²) < 4.78 is 5.01. The summed E-state index contributed by atoms with van der Waals surface area (Å²) >= 11 is 0. The third-order valence-electron chi connectivity index (χ3n) is 1.56. The van der Waals surface area contributed by atoms with E-state index in [0.29, 0.717) is 12.5 Å². The van der Waals surface area contributed by atoms with Crippen molar-refractivity contribution in [3.63, 3.8) is 0 Å². The van der Waals surface area contributed by atoms with Gasteiger partial charge in [-0.05, 0) is 26.2 Å². The van der Waals surface area contributed by atoms with Gasteiger partial charge < -0.3 is 10.5 Å². The summed E-state index contributed by atoms with van der Waals surface area (Å²) in [6.07, 6.45) is 1.20. The molecular formula is C10H21NO2. The van der Waals surface area contributed by atoms with Gasteiger partial charge in [-0.1, -0.05) is 13.8 Å². The lowest BCUT2D eigenvalue weighted by atomic mass is 10.0. The highest BCUT2D eigenvalue weighted by Gasteiger charge is 2.17. The highest BCUT2D eigenvalue weighted by atomic mass is 16.5. The lowest BCUT2D eigenvalue weighted by Crippen LogP contribution is -2.35. The smallest absolute Gasteiger partial charge is 0.307 e. The van der Waals surface area contributed by atoms with E-state index in [1.165, 1.54) is 0 Å². The molecule has 0 atom stereocenters. The molecule has 0 aliphatic heterocycles. The molecule has 0 aromatic rings. The van der Waals surface area contributed by atoms with E-state index in [9.17, 15) is 4.79 Å². The topological polar surface area (TPSA) is 52.3 Å². The zero-order valence-corrected chi connectivity index (χ0v) is 9.09. The van der Waals surface area contributed by atoms with Crippen LogP contribution in [0.2, 0.25) is 0 Å². The first-order valence-electron chi connectivity index (χ1n) is 4.76. The van der Waals surface area contributed by atoms with Crippen LogP contribution in [0.4, 0.5) is 0 Å². The molecule has 0 saturated carbocycles. The van der Waals surface area contributed by atoms with Gasteiger partial charge in [-0.2, -0.15) is 0 Å². The molecule has 3 heteroatoms. The Hall–Kier alpha value is -0.570. The van der Waals surface area contributed by atoms with Gasteiger partial charge in [-0.15, -0.1) is 0 Å². The van der Waals surface area contributed by atoms with Gasteiger partial charge in [0.25, 0.3) is 0 Å². The first-order chi connectivity index (χ1) is 5.81. The van der Waals surface area contributed by atoms with Crippen molar-refractivity contribution < 1.29 is 9.53 Å². The van der Waals surface area contributed by atoms with Gasteiger partial charge >= 0.3 is 5.97 Å². The Bertz CT molecular complexity index is 159. The molecule has 0 aromatic heterocycles. The van der Waals surface area contributed by atoms with E-state index >= 15 is 0 Å². The van der Waals surface area contributed by atoms with Gasteiger partial charge in [-0.25, -0.2) is 0 Å². The maximum atomic E-state index is 11.1. The van der Waals surface area contributed by atoms with E-state index in [1.54, 1.807) is 0 Å². The Morgan fingerprint density at radius 2 is 2.00 bits per heavy atom. The number of nitrogens with two attached hydrogens (primary N) is 1. The monoisotopic (exact) mass is 187 g/mol. The molecule has 3 nitrogen and oxygen atoms in total. The van der Waals surface area contributed by atoms with Crippen molar-refractivity contribution in [3.05, 3.63) is 0 Å². The van der Waals surface area contributed by atoms with Crippen LogP contribution in [-0.2, 0) is 9.53 Å². The summed E-state index contributed by atoms with van der Waals surface area (Å²) in [6, 6.07) is 0. The van der Waals surface area contributed by atoms with Gasteiger partial charge in [0, 0.05) is 5.54 Å². The standard InChI is InChI=1S/C10H21NO2/c1-8(2)5-6-13-9(12)7-10(3,4)11/h8H,5-7,11H2,1-4H3. The van der Waals surface area contributed by atoms with Crippen molar-refractivity contribution in [1.29, 1.82) is 0 Å². The average molecular weight is 187 g/mol. The van der Waals surface area contributed by atoms with Crippen LogP contribution in [-0.4, -0.2) is 18.1 Å². The molecule has 0 heterocycles. The maximum Gasteiger partial charge on any atom is 0.307 e. The van der Waals surface area contributed by atoms with Crippen molar-refractivity contribution in [2.24, 2.45) is 11.7 Å². The molecular weight excluding hydrogens is 166 g/mol. The summed E-state index contributed by atoms with van der Waals surface area (Å²) in [5, 5.41) is 0. The van der Waals surface area contributed by atoms with E-state index in [-0.39, 0.29) is 12.4 Å². The predicted molar refractivity (Wildman–Crippen MR) is 53.3 cm³/mol. The second kappa shape index (κ2) is 5.22. The van der Waals surface area contributed by atoms with E-state index < -0.39 is 5.54 Å². The summed E-state index contributed by atoms with van der Waals surface area (Å²) in [6.45, 7) is 8.33. The molecule has 0 radical (unpaired) electrons. The second-order valence-electron chi connectivity index (χ2n) is 4.57. The Morgan fingerprint density at radius 1 is 1.46 bits per heavy atom. The molecule has 0 aromatic carbocycles. The van der Waals surface area contributed by atoms with E-state index in [1.807, 2.05) is 13.8 Å². The molecule has 0 saturated heterocycles. The zero-order valence-electron chi connectivity index (χ0n) is 9.09. The van der Waals surface area contributed by atoms with Crippen LogP contribution in [0.25, 0.3) is 0 Å². The quantitative estimate of drug-likeness (QED) is 0.666. The predicted octanol–water partition coefficient (Wildman–Crippen LogP) is 1.70. The Kier molecular flexibility index (Phi) is 4.99. The SMILES string of the molecule is CC(C)CCOC(=O)CC(C)(C)N. The van der Waals surface area contributed by atoms with Gasteiger partial charge in [-0.3, -0.25) is 4.79 Å². The molecule has 2 N–H and O–H groups in total. The van der Waals surface area contributed by atoms with Gasteiger partial charge in [0.2, 0.25) is 0 Å². The Labute approximate surface area is 80.6 Å².